The van der Waals surface area contributed by atoms with Crippen LogP contribution in [0.3, 0.4) is 0 Å². The zero-order valence-electron chi connectivity index (χ0n) is 15.5. The summed E-state index contributed by atoms with van der Waals surface area (Å²) < 4.78 is 29.2. The zero-order valence-corrected chi connectivity index (χ0v) is 16.3. The van der Waals surface area contributed by atoms with Crippen LogP contribution < -0.4 is 0 Å². The molecular weight excluding hydrogens is 340 g/mol. The molecule has 1 aromatic rings. The summed E-state index contributed by atoms with van der Waals surface area (Å²) in [5.74, 6) is 0.117. The largest absolute Gasteiger partial charge is 0.340 e. The molecule has 8 heteroatoms. The van der Waals surface area contributed by atoms with Gasteiger partial charge in [-0.15, -0.1) is 0 Å². The lowest BCUT2D eigenvalue weighted by Gasteiger charge is -2.41. The second-order valence-electron chi connectivity index (χ2n) is 7.50. The van der Waals surface area contributed by atoms with Crippen LogP contribution in [-0.2, 0) is 21.4 Å². The van der Waals surface area contributed by atoms with E-state index in [-0.39, 0.29) is 23.5 Å². The molecule has 3 heterocycles. The summed E-state index contributed by atoms with van der Waals surface area (Å²) in [6.45, 7) is 9.66. The second-order valence-corrected chi connectivity index (χ2v) is 9.39. The zero-order chi connectivity index (χ0) is 18.4. The maximum absolute atomic E-state index is 13.1. The second kappa shape index (κ2) is 6.39. The quantitative estimate of drug-likeness (QED) is 0.809. The van der Waals surface area contributed by atoms with Gasteiger partial charge in [0.05, 0.1) is 11.1 Å². The fraction of sp³-hybridized carbons (Fsp3) is 0.765. The van der Waals surface area contributed by atoms with Crippen molar-refractivity contribution in [1.29, 1.82) is 0 Å². The molecule has 2 fully saturated rings. The molecule has 140 valence electrons. The summed E-state index contributed by atoms with van der Waals surface area (Å²) in [4.78, 5) is 14.9. The highest BCUT2D eigenvalue weighted by Crippen LogP contribution is 2.42. The Bertz CT molecular complexity index is 771. The standard InChI is InChI=1S/C17H28N4O3S/c1-5-21-15(11-14(4)18-21)25(23,24)19-10-8-17(12-19)7-6-9-20(13(2)3)16(17)22/h11,13H,5-10,12H2,1-4H3/t17-/m1/s1. The van der Waals surface area contributed by atoms with Crippen LogP contribution in [0.15, 0.2) is 11.1 Å². The lowest BCUT2D eigenvalue weighted by atomic mass is 9.78. The van der Waals surface area contributed by atoms with Crippen molar-refractivity contribution < 1.29 is 13.2 Å². The molecule has 2 saturated heterocycles. The van der Waals surface area contributed by atoms with Gasteiger partial charge < -0.3 is 4.90 Å². The van der Waals surface area contributed by atoms with Crippen LogP contribution >= 0.6 is 0 Å². The Labute approximate surface area is 150 Å². The SMILES string of the molecule is CCn1nc(C)cc1S(=O)(=O)N1CC[C@]2(CCCN(C(C)C)C2=O)C1. The monoisotopic (exact) mass is 368 g/mol. The van der Waals surface area contributed by atoms with Crippen LogP contribution in [0.2, 0.25) is 0 Å². The number of hydrogen-bond donors (Lipinski definition) is 0. The number of nitrogens with zero attached hydrogens (tertiary/aromatic N) is 4. The van der Waals surface area contributed by atoms with Gasteiger partial charge >= 0.3 is 0 Å². The minimum Gasteiger partial charge on any atom is -0.340 e. The first kappa shape index (κ1) is 18.4. The van der Waals surface area contributed by atoms with E-state index in [2.05, 4.69) is 5.10 Å². The first-order valence-electron chi connectivity index (χ1n) is 9.07. The summed E-state index contributed by atoms with van der Waals surface area (Å²) in [6, 6.07) is 1.77. The van der Waals surface area contributed by atoms with E-state index in [0.717, 1.165) is 19.4 Å². The minimum absolute atomic E-state index is 0.117. The number of amides is 1. The molecule has 1 aromatic heterocycles. The van der Waals surface area contributed by atoms with Crippen LogP contribution in [-0.4, -0.2) is 59.0 Å². The van der Waals surface area contributed by atoms with Crippen LogP contribution in [0.5, 0.6) is 0 Å². The van der Waals surface area contributed by atoms with E-state index in [1.54, 1.807) is 13.0 Å². The number of aryl methyl sites for hydroxylation is 2. The van der Waals surface area contributed by atoms with Crippen molar-refractivity contribution in [2.24, 2.45) is 5.41 Å². The van der Waals surface area contributed by atoms with Crippen LogP contribution in [0, 0.1) is 12.3 Å². The molecule has 2 aliphatic rings. The number of carbonyl (C=O) groups is 1. The topological polar surface area (TPSA) is 75.5 Å². The number of rotatable bonds is 4. The first-order valence-corrected chi connectivity index (χ1v) is 10.5. The third-order valence-electron chi connectivity index (χ3n) is 5.48. The van der Waals surface area contributed by atoms with Gasteiger partial charge in [-0.05, 0) is 53.0 Å². The Morgan fingerprint density at radius 3 is 2.64 bits per heavy atom. The molecule has 0 N–H and O–H groups in total. The average molecular weight is 369 g/mol. The van der Waals surface area contributed by atoms with E-state index in [4.69, 9.17) is 0 Å². The molecule has 0 radical (unpaired) electrons. The molecule has 3 rings (SSSR count). The summed E-state index contributed by atoms with van der Waals surface area (Å²) in [7, 11) is -3.63. The Kier molecular flexibility index (Phi) is 4.70. The van der Waals surface area contributed by atoms with Crippen molar-refractivity contribution in [2.75, 3.05) is 19.6 Å². The normalized spacial score (nSPS) is 25.5. The number of piperidine rings is 1. The number of carbonyl (C=O) groups excluding carboxylic acids is 1. The highest BCUT2D eigenvalue weighted by atomic mass is 32.2. The molecule has 0 unspecified atom stereocenters. The highest BCUT2D eigenvalue weighted by Gasteiger charge is 2.51. The summed E-state index contributed by atoms with van der Waals surface area (Å²) in [5, 5.41) is 4.49. The minimum atomic E-state index is -3.63. The number of likely N-dealkylation sites (tertiary alicyclic amines) is 1. The fourth-order valence-electron chi connectivity index (χ4n) is 4.10. The molecule has 0 saturated carbocycles. The molecule has 25 heavy (non-hydrogen) atoms. The van der Waals surface area contributed by atoms with Crippen molar-refractivity contribution >= 4 is 15.9 Å². The van der Waals surface area contributed by atoms with E-state index in [1.807, 2.05) is 25.7 Å². The molecule has 1 spiro atoms. The summed E-state index contributed by atoms with van der Waals surface area (Å²) in [6.07, 6.45) is 2.31. The summed E-state index contributed by atoms with van der Waals surface area (Å²) in [5.41, 5.74) is 0.135. The van der Waals surface area contributed by atoms with Gasteiger partial charge in [0.2, 0.25) is 5.91 Å². The Balaban J connectivity index is 1.88. The first-order chi connectivity index (χ1) is 11.7. The van der Waals surface area contributed by atoms with Crippen molar-refractivity contribution in [2.45, 2.75) is 64.6 Å². The Hall–Kier alpha value is -1.41. The van der Waals surface area contributed by atoms with Crippen molar-refractivity contribution in [3.8, 4) is 0 Å². The molecule has 7 nitrogen and oxygen atoms in total. The van der Waals surface area contributed by atoms with Gasteiger partial charge in [0.25, 0.3) is 10.0 Å². The molecule has 0 bridgehead atoms. The van der Waals surface area contributed by atoms with Crippen LogP contribution in [0.1, 0.15) is 45.7 Å². The van der Waals surface area contributed by atoms with E-state index in [0.29, 0.717) is 25.2 Å². The van der Waals surface area contributed by atoms with Crippen molar-refractivity contribution in [3.05, 3.63) is 11.8 Å². The van der Waals surface area contributed by atoms with Crippen molar-refractivity contribution in [1.82, 2.24) is 19.0 Å². The third kappa shape index (κ3) is 2.99. The predicted molar refractivity (Wildman–Crippen MR) is 94.5 cm³/mol. The molecule has 0 aliphatic carbocycles. The molecule has 0 aromatic carbocycles. The van der Waals surface area contributed by atoms with Gasteiger partial charge in [-0.25, -0.2) is 8.42 Å². The lowest BCUT2D eigenvalue weighted by molar-refractivity contribution is -0.147. The molecule has 2 aliphatic heterocycles. The number of hydrogen-bond acceptors (Lipinski definition) is 4. The van der Waals surface area contributed by atoms with E-state index < -0.39 is 15.4 Å². The van der Waals surface area contributed by atoms with Gasteiger partial charge in [0.1, 0.15) is 0 Å². The van der Waals surface area contributed by atoms with E-state index in [1.165, 1.54) is 8.99 Å². The molecular formula is C17H28N4O3S. The van der Waals surface area contributed by atoms with E-state index >= 15 is 0 Å². The summed E-state index contributed by atoms with van der Waals surface area (Å²) >= 11 is 0. The fourth-order valence-corrected chi connectivity index (χ4v) is 5.87. The number of aromatic nitrogens is 2. The van der Waals surface area contributed by atoms with E-state index in [9.17, 15) is 13.2 Å². The van der Waals surface area contributed by atoms with Gasteiger partial charge in [0.15, 0.2) is 5.03 Å². The van der Waals surface area contributed by atoms with Crippen molar-refractivity contribution in [3.63, 3.8) is 0 Å². The maximum Gasteiger partial charge on any atom is 0.260 e. The van der Waals surface area contributed by atoms with Crippen LogP contribution in [0.25, 0.3) is 0 Å². The number of sulfonamides is 1. The van der Waals surface area contributed by atoms with Gasteiger partial charge in [-0.2, -0.15) is 9.40 Å². The third-order valence-corrected chi connectivity index (χ3v) is 7.33. The Morgan fingerprint density at radius 2 is 2.00 bits per heavy atom. The average Bonchev–Trinajstić information content (AvgIpc) is 3.15. The Morgan fingerprint density at radius 1 is 1.28 bits per heavy atom. The highest BCUT2D eigenvalue weighted by molar-refractivity contribution is 7.89. The van der Waals surface area contributed by atoms with Gasteiger partial charge in [0, 0.05) is 32.2 Å². The smallest absolute Gasteiger partial charge is 0.260 e. The molecule has 1 atom stereocenters. The van der Waals surface area contributed by atoms with Gasteiger partial charge in [-0.3, -0.25) is 9.48 Å². The predicted octanol–water partition coefficient (Wildman–Crippen LogP) is 1.62. The van der Waals surface area contributed by atoms with Crippen LogP contribution in [0.4, 0.5) is 0 Å². The maximum atomic E-state index is 13.1. The molecule has 1 amide bonds. The lowest BCUT2D eigenvalue weighted by Crippen LogP contribution is -2.52. The van der Waals surface area contributed by atoms with Gasteiger partial charge in [-0.1, -0.05) is 0 Å².